The largest absolute Gasteiger partial charge is 0.327 e. The Balaban J connectivity index is 1.70. The van der Waals surface area contributed by atoms with Gasteiger partial charge in [0.15, 0.2) is 5.78 Å². The van der Waals surface area contributed by atoms with E-state index in [9.17, 15) is 18.0 Å². The fourth-order valence-electron chi connectivity index (χ4n) is 5.31. The molecule has 4 atom stereocenters. The van der Waals surface area contributed by atoms with Crippen LogP contribution in [0.4, 0.5) is 13.2 Å². The molecule has 7 heteroatoms. The van der Waals surface area contributed by atoms with E-state index in [4.69, 9.17) is 5.73 Å². The highest BCUT2D eigenvalue weighted by atomic mass is 19.1. The topological polar surface area (TPSA) is 68.9 Å². The molecule has 4 rings (SSSR count). The Kier molecular flexibility index (Phi) is 7.32. The van der Waals surface area contributed by atoms with Crippen LogP contribution in [0, 0.1) is 50.1 Å². The fraction of sp³-hybridized carbons (Fsp3) is 0.414. The molecule has 1 aliphatic carbocycles. The number of nitrogens with zero attached hydrogens (tertiary/aromatic N) is 2. The summed E-state index contributed by atoms with van der Waals surface area (Å²) in [6.45, 7) is 9.00. The van der Waals surface area contributed by atoms with E-state index >= 15 is 0 Å². The summed E-state index contributed by atoms with van der Waals surface area (Å²) in [6.07, 6.45) is 5.16. The first-order valence-electron chi connectivity index (χ1n) is 12.3. The van der Waals surface area contributed by atoms with E-state index in [0.717, 1.165) is 36.1 Å². The standard InChI is InChI=1S/C29H32F3N3O/c1-14-8-19(11-24(33)17(14)4)21-6-7-34-13-20(21)12-25(36)28-16(3)10-23(31)29(35-28)26-22(30)9-15(2)18(5)27(26)32/h6-7,9-10,13-14,17,19,24H,8,11-12,33H2,1-5H3/t14-,17+,19+,24+/m0/s1. The van der Waals surface area contributed by atoms with Crippen LogP contribution in [0.25, 0.3) is 11.3 Å². The van der Waals surface area contributed by atoms with Crippen molar-refractivity contribution in [1.82, 2.24) is 9.97 Å². The normalized spacial score (nSPS) is 22.0. The van der Waals surface area contributed by atoms with E-state index in [1.165, 1.54) is 6.92 Å². The predicted octanol–water partition coefficient (Wildman–Crippen LogP) is 6.39. The number of aromatic nitrogens is 2. The van der Waals surface area contributed by atoms with Crippen LogP contribution >= 0.6 is 0 Å². The molecule has 36 heavy (non-hydrogen) atoms. The second-order valence-corrected chi connectivity index (χ2v) is 10.3. The summed E-state index contributed by atoms with van der Waals surface area (Å²) in [4.78, 5) is 21.8. The summed E-state index contributed by atoms with van der Waals surface area (Å²) in [7, 11) is 0. The average Bonchev–Trinajstić information content (AvgIpc) is 2.82. The van der Waals surface area contributed by atoms with Gasteiger partial charge in [-0.15, -0.1) is 0 Å². The van der Waals surface area contributed by atoms with Crippen LogP contribution in [-0.2, 0) is 6.42 Å². The van der Waals surface area contributed by atoms with E-state index in [0.29, 0.717) is 23.0 Å². The van der Waals surface area contributed by atoms with Crippen molar-refractivity contribution in [3.63, 3.8) is 0 Å². The summed E-state index contributed by atoms with van der Waals surface area (Å²) in [5, 5.41) is 0. The number of halogens is 3. The number of carbonyl (C=O) groups is 1. The van der Waals surface area contributed by atoms with Gasteiger partial charge in [-0.1, -0.05) is 13.8 Å². The lowest BCUT2D eigenvalue weighted by Gasteiger charge is -2.37. The average molecular weight is 496 g/mol. The van der Waals surface area contributed by atoms with Crippen LogP contribution in [0.1, 0.15) is 70.9 Å². The number of hydrogen-bond acceptors (Lipinski definition) is 4. The smallest absolute Gasteiger partial charge is 0.185 e. The van der Waals surface area contributed by atoms with Crippen molar-refractivity contribution < 1.29 is 18.0 Å². The molecule has 0 aliphatic heterocycles. The molecular weight excluding hydrogens is 463 g/mol. The van der Waals surface area contributed by atoms with Gasteiger partial charge in [-0.05, 0) is 97.4 Å². The Hall–Kier alpha value is -3.06. The molecule has 1 saturated carbocycles. The zero-order chi connectivity index (χ0) is 26.3. The van der Waals surface area contributed by atoms with Crippen molar-refractivity contribution in [2.75, 3.05) is 0 Å². The molecule has 3 aromatic rings. The van der Waals surface area contributed by atoms with Gasteiger partial charge in [-0.3, -0.25) is 9.78 Å². The van der Waals surface area contributed by atoms with Gasteiger partial charge in [0, 0.05) is 24.9 Å². The van der Waals surface area contributed by atoms with Gasteiger partial charge in [0.1, 0.15) is 28.8 Å². The molecule has 2 aromatic heterocycles. The van der Waals surface area contributed by atoms with Crippen molar-refractivity contribution in [1.29, 1.82) is 0 Å². The Bertz CT molecular complexity index is 1310. The molecule has 0 bridgehead atoms. The third-order valence-electron chi connectivity index (χ3n) is 7.91. The molecule has 0 radical (unpaired) electrons. The number of hydrogen-bond donors (Lipinski definition) is 1. The van der Waals surface area contributed by atoms with Gasteiger partial charge in [0.25, 0.3) is 0 Å². The molecule has 4 nitrogen and oxygen atoms in total. The quantitative estimate of drug-likeness (QED) is 0.417. The third kappa shape index (κ3) is 4.81. The summed E-state index contributed by atoms with van der Waals surface area (Å²) in [5.41, 5.74) is 8.02. The number of Topliss-reactive ketones (excluding diaryl/α,β-unsaturated/α-hetero) is 1. The molecule has 1 aliphatic rings. The first kappa shape index (κ1) is 26.0. The van der Waals surface area contributed by atoms with E-state index < -0.39 is 28.7 Å². The van der Waals surface area contributed by atoms with Crippen molar-refractivity contribution in [3.8, 4) is 11.3 Å². The van der Waals surface area contributed by atoms with Gasteiger partial charge in [0.05, 0.1) is 5.56 Å². The zero-order valence-electron chi connectivity index (χ0n) is 21.3. The Labute approximate surface area is 210 Å². The van der Waals surface area contributed by atoms with Crippen molar-refractivity contribution in [2.24, 2.45) is 17.6 Å². The number of nitrogens with two attached hydrogens (primary N) is 1. The number of pyridine rings is 2. The molecule has 0 amide bonds. The fourth-order valence-corrected chi connectivity index (χ4v) is 5.31. The third-order valence-corrected chi connectivity index (χ3v) is 7.91. The molecule has 0 unspecified atom stereocenters. The van der Waals surface area contributed by atoms with E-state index in [2.05, 4.69) is 23.8 Å². The molecule has 1 fully saturated rings. The van der Waals surface area contributed by atoms with Crippen LogP contribution in [0.2, 0.25) is 0 Å². The van der Waals surface area contributed by atoms with Gasteiger partial charge >= 0.3 is 0 Å². The Morgan fingerprint density at radius 2 is 1.75 bits per heavy atom. The highest BCUT2D eigenvalue weighted by Gasteiger charge is 2.33. The minimum Gasteiger partial charge on any atom is -0.327 e. The summed E-state index contributed by atoms with van der Waals surface area (Å²) < 4.78 is 44.6. The maximum atomic E-state index is 15.0. The van der Waals surface area contributed by atoms with Crippen molar-refractivity contribution in [3.05, 3.63) is 81.6 Å². The molecule has 2 N–H and O–H groups in total. The molecule has 190 valence electrons. The summed E-state index contributed by atoms with van der Waals surface area (Å²) in [6, 6.07) is 4.26. The molecule has 0 saturated heterocycles. The summed E-state index contributed by atoms with van der Waals surface area (Å²) >= 11 is 0. The lowest BCUT2D eigenvalue weighted by Crippen LogP contribution is -2.39. The maximum Gasteiger partial charge on any atom is 0.185 e. The zero-order valence-corrected chi connectivity index (χ0v) is 21.3. The number of aryl methyl sites for hydroxylation is 2. The first-order chi connectivity index (χ1) is 17.0. The van der Waals surface area contributed by atoms with E-state index in [1.54, 1.807) is 26.2 Å². The van der Waals surface area contributed by atoms with Gasteiger partial charge in [-0.25, -0.2) is 18.2 Å². The van der Waals surface area contributed by atoms with Gasteiger partial charge < -0.3 is 5.73 Å². The minimum atomic E-state index is -0.921. The van der Waals surface area contributed by atoms with Crippen molar-refractivity contribution in [2.45, 2.75) is 65.8 Å². The highest BCUT2D eigenvalue weighted by Crippen LogP contribution is 2.40. The monoisotopic (exact) mass is 495 g/mol. The Morgan fingerprint density at radius 3 is 2.44 bits per heavy atom. The lowest BCUT2D eigenvalue weighted by atomic mass is 9.70. The van der Waals surface area contributed by atoms with Crippen LogP contribution in [0.5, 0.6) is 0 Å². The molecule has 1 aromatic carbocycles. The van der Waals surface area contributed by atoms with Crippen LogP contribution in [-0.4, -0.2) is 21.8 Å². The second kappa shape index (κ2) is 10.1. The second-order valence-electron chi connectivity index (χ2n) is 10.3. The Morgan fingerprint density at radius 1 is 1.06 bits per heavy atom. The number of benzene rings is 1. The van der Waals surface area contributed by atoms with E-state index in [1.807, 2.05) is 6.07 Å². The van der Waals surface area contributed by atoms with Gasteiger partial charge in [0.2, 0.25) is 0 Å². The van der Waals surface area contributed by atoms with Crippen LogP contribution in [0.3, 0.4) is 0 Å². The van der Waals surface area contributed by atoms with Crippen molar-refractivity contribution >= 4 is 5.78 Å². The molecule has 0 spiro atoms. The number of ketones is 1. The lowest BCUT2D eigenvalue weighted by molar-refractivity contribution is 0.0987. The maximum absolute atomic E-state index is 15.0. The first-order valence-corrected chi connectivity index (χ1v) is 12.3. The molecular formula is C29H32F3N3O. The van der Waals surface area contributed by atoms with E-state index in [-0.39, 0.29) is 35.4 Å². The molecule has 2 heterocycles. The van der Waals surface area contributed by atoms with Crippen LogP contribution in [0.15, 0.2) is 30.6 Å². The number of rotatable bonds is 5. The predicted molar refractivity (Wildman–Crippen MR) is 134 cm³/mol. The highest BCUT2D eigenvalue weighted by molar-refractivity contribution is 5.97. The number of carbonyl (C=O) groups excluding carboxylic acids is 1. The minimum absolute atomic E-state index is 0.00432. The van der Waals surface area contributed by atoms with Crippen LogP contribution < -0.4 is 5.73 Å². The SMILES string of the molecule is Cc1cc(F)c(-c2c(F)cc(C)c(C)c2F)nc1C(=O)Cc1cnccc1[C@H]1C[C@@H](N)[C@H](C)[C@@H](C)C1. The van der Waals surface area contributed by atoms with Gasteiger partial charge in [-0.2, -0.15) is 0 Å². The summed E-state index contributed by atoms with van der Waals surface area (Å²) in [5.74, 6) is -1.98.